The van der Waals surface area contributed by atoms with E-state index < -0.39 is 0 Å². The summed E-state index contributed by atoms with van der Waals surface area (Å²) in [6.45, 7) is 0. The number of anilines is 2. The first-order chi connectivity index (χ1) is 13.1. The maximum Gasteiger partial charge on any atom is 0.265 e. The van der Waals surface area contributed by atoms with E-state index in [4.69, 9.17) is 0 Å². The van der Waals surface area contributed by atoms with Gasteiger partial charge in [-0.15, -0.1) is 11.3 Å². The minimum absolute atomic E-state index is 0.187. The van der Waals surface area contributed by atoms with Gasteiger partial charge in [0.15, 0.2) is 0 Å². The summed E-state index contributed by atoms with van der Waals surface area (Å²) in [5, 5.41) is 9.91. The molecule has 2 aromatic carbocycles. The van der Waals surface area contributed by atoms with Crippen molar-refractivity contribution in [1.82, 2.24) is 5.32 Å². The lowest BCUT2D eigenvalue weighted by Gasteiger charge is -2.08. The number of benzene rings is 2. The zero-order valence-electron chi connectivity index (χ0n) is 14.5. The van der Waals surface area contributed by atoms with Crippen molar-refractivity contribution in [3.63, 3.8) is 0 Å². The Morgan fingerprint density at radius 3 is 2.15 bits per heavy atom. The van der Waals surface area contributed by atoms with Crippen LogP contribution in [0.2, 0.25) is 0 Å². The Kier molecular flexibility index (Phi) is 5.63. The number of carbonyl (C=O) groups is 3. The van der Waals surface area contributed by atoms with Crippen molar-refractivity contribution in [2.75, 3.05) is 17.7 Å². The summed E-state index contributed by atoms with van der Waals surface area (Å²) in [5.74, 6) is -0.717. The number of nitrogens with one attached hydrogen (secondary N) is 3. The molecular weight excluding hydrogens is 362 g/mol. The van der Waals surface area contributed by atoms with Crippen LogP contribution in [0, 0.1) is 0 Å². The molecule has 0 spiro atoms. The van der Waals surface area contributed by atoms with Crippen LogP contribution in [0.25, 0.3) is 0 Å². The second-order valence-corrected chi connectivity index (χ2v) is 6.57. The summed E-state index contributed by atoms with van der Waals surface area (Å²) in [5.41, 5.74) is 2.03. The number of hydrogen-bond acceptors (Lipinski definition) is 4. The average molecular weight is 379 g/mol. The van der Waals surface area contributed by atoms with Gasteiger partial charge in [-0.3, -0.25) is 14.4 Å². The summed E-state index contributed by atoms with van der Waals surface area (Å²) in [6, 6.07) is 16.8. The highest BCUT2D eigenvalue weighted by molar-refractivity contribution is 7.12. The first kappa shape index (κ1) is 18.3. The minimum Gasteiger partial charge on any atom is -0.355 e. The minimum atomic E-state index is -0.305. The number of rotatable bonds is 5. The van der Waals surface area contributed by atoms with Gasteiger partial charge in [-0.1, -0.05) is 12.1 Å². The molecule has 3 aromatic rings. The molecule has 0 unspecified atom stereocenters. The summed E-state index contributed by atoms with van der Waals surface area (Å²) >= 11 is 1.36. The van der Waals surface area contributed by atoms with E-state index in [1.807, 2.05) is 11.4 Å². The maximum atomic E-state index is 12.4. The van der Waals surface area contributed by atoms with Crippen molar-refractivity contribution in [2.24, 2.45) is 0 Å². The molecule has 0 aliphatic heterocycles. The molecule has 1 heterocycles. The third-order valence-electron chi connectivity index (χ3n) is 3.76. The van der Waals surface area contributed by atoms with Crippen LogP contribution in [-0.2, 0) is 0 Å². The molecule has 0 bridgehead atoms. The van der Waals surface area contributed by atoms with E-state index in [0.717, 1.165) is 0 Å². The number of thiophene rings is 1. The van der Waals surface area contributed by atoms with Gasteiger partial charge in [-0.25, -0.2) is 0 Å². The van der Waals surface area contributed by atoms with Gasteiger partial charge >= 0.3 is 0 Å². The summed E-state index contributed by atoms with van der Waals surface area (Å²) in [7, 11) is 1.55. The molecule has 136 valence electrons. The van der Waals surface area contributed by atoms with E-state index in [9.17, 15) is 14.4 Å². The third kappa shape index (κ3) is 4.59. The topological polar surface area (TPSA) is 87.3 Å². The molecule has 0 aliphatic carbocycles. The van der Waals surface area contributed by atoms with Crippen LogP contribution in [0.5, 0.6) is 0 Å². The zero-order valence-corrected chi connectivity index (χ0v) is 15.3. The van der Waals surface area contributed by atoms with Crippen LogP contribution < -0.4 is 16.0 Å². The van der Waals surface area contributed by atoms with Crippen molar-refractivity contribution < 1.29 is 14.4 Å². The Hall–Kier alpha value is -3.45. The van der Waals surface area contributed by atoms with Gasteiger partial charge < -0.3 is 16.0 Å². The molecule has 3 amide bonds. The Labute approximate surface area is 160 Å². The highest BCUT2D eigenvalue weighted by Gasteiger charge is 2.10. The summed E-state index contributed by atoms with van der Waals surface area (Å²) < 4.78 is 0. The third-order valence-corrected chi connectivity index (χ3v) is 4.63. The standard InChI is InChI=1S/C20H17N3O3S/c1-21-18(24)14-4-2-5-16(12-14)23-19(25)13-7-9-15(10-8-13)22-20(26)17-6-3-11-27-17/h2-12H,1H3,(H,21,24)(H,22,26)(H,23,25). The van der Waals surface area contributed by atoms with Crippen LogP contribution in [-0.4, -0.2) is 24.8 Å². The second kappa shape index (κ2) is 8.29. The van der Waals surface area contributed by atoms with E-state index in [-0.39, 0.29) is 17.7 Å². The lowest BCUT2D eigenvalue weighted by Crippen LogP contribution is -2.18. The van der Waals surface area contributed by atoms with E-state index in [1.165, 1.54) is 11.3 Å². The van der Waals surface area contributed by atoms with Crippen LogP contribution in [0.4, 0.5) is 11.4 Å². The molecule has 3 N–H and O–H groups in total. The predicted octanol–water partition coefficient (Wildman–Crippen LogP) is 3.61. The Morgan fingerprint density at radius 1 is 0.741 bits per heavy atom. The normalized spacial score (nSPS) is 10.1. The van der Waals surface area contributed by atoms with Crippen LogP contribution >= 0.6 is 11.3 Å². The molecule has 3 rings (SSSR count). The van der Waals surface area contributed by atoms with Gasteiger partial charge in [0.05, 0.1) is 4.88 Å². The highest BCUT2D eigenvalue weighted by Crippen LogP contribution is 2.16. The number of hydrogen-bond donors (Lipinski definition) is 3. The molecular formula is C20H17N3O3S. The summed E-state index contributed by atoms with van der Waals surface area (Å²) in [6.07, 6.45) is 0. The average Bonchev–Trinajstić information content (AvgIpc) is 3.23. The van der Waals surface area contributed by atoms with Crippen molar-refractivity contribution in [1.29, 1.82) is 0 Å². The van der Waals surface area contributed by atoms with E-state index in [0.29, 0.717) is 27.4 Å². The molecule has 7 heteroatoms. The SMILES string of the molecule is CNC(=O)c1cccc(NC(=O)c2ccc(NC(=O)c3cccs3)cc2)c1. The molecule has 6 nitrogen and oxygen atoms in total. The predicted molar refractivity (Wildman–Crippen MR) is 106 cm³/mol. The van der Waals surface area contributed by atoms with E-state index >= 15 is 0 Å². The lowest BCUT2D eigenvalue weighted by atomic mass is 10.1. The van der Waals surface area contributed by atoms with E-state index in [2.05, 4.69) is 16.0 Å². The fraction of sp³-hybridized carbons (Fsp3) is 0.0500. The fourth-order valence-corrected chi connectivity index (χ4v) is 3.01. The molecule has 0 fully saturated rings. The second-order valence-electron chi connectivity index (χ2n) is 5.62. The van der Waals surface area contributed by atoms with Gasteiger partial charge in [0.25, 0.3) is 17.7 Å². The first-order valence-corrected chi connectivity index (χ1v) is 9.03. The molecule has 0 atom stereocenters. The van der Waals surface area contributed by atoms with Crippen LogP contribution in [0.1, 0.15) is 30.4 Å². The van der Waals surface area contributed by atoms with Crippen molar-refractivity contribution in [3.05, 3.63) is 82.0 Å². The lowest BCUT2D eigenvalue weighted by molar-refractivity contribution is 0.0960. The molecule has 27 heavy (non-hydrogen) atoms. The molecule has 0 radical (unpaired) electrons. The fourth-order valence-electron chi connectivity index (χ4n) is 2.39. The molecule has 0 saturated carbocycles. The smallest absolute Gasteiger partial charge is 0.265 e. The van der Waals surface area contributed by atoms with Gasteiger partial charge in [0, 0.05) is 29.5 Å². The highest BCUT2D eigenvalue weighted by atomic mass is 32.1. The van der Waals surface area contributed by atoms with Gasteiger partial charge in [0.2, 0.25) is 0 Å². The van der Waals surface area contributed by atoms with E-state index in [1.54, 1.807) is 61.6 Å². The number of amides is 3. The molecule has 0 aliphatic rings. The van der Waals surface area contributed by atoms with Crippen molar-refractivity contribution >= 4 is 40.4 Å². The Bertz CT molecular complexity index is 966. The Morgan fingerprint density at radius 2 is 1.48 bits per heavy atom. The first-order valence-electron chi connectivity index (χ1n) is 8.15. The quantitative estimate of drug-likeness (QED) is 0.633. The Balaban J connectivity index is 1.65. The summed E-state index contributed by atoms with van der Waals surface area (Å²) in [4.78, 5) is 36.7. The maximum absolute atomic E-state index is 12.4. The van der Waals surface area contributed by atoms with Crippen LogP contribution in [0.15, 0.2) is 66.0 Å². The zero-order chi connectivity index (χ0) is 19.2. The monoisotopic (exact) mass is 379 g/mol. The van der Waals surface area contributed by atoms with Gasteiger partial charge in [-0.05, 0) is 53.9 Å². The van der Waals surface area contributed by atoms with Crippen molar-refractivity contribution in [3.8, 4) is 0 Å². The van der Waals surface area contributed by atoms with Crippen molar-refractivity contribution in [2.45, 2.75) is 0 Å². The van der Waals surface area contributed by atoms with Gasteiger partial charge in [-0.2, -0.15) is 0 Å². The van der Waals surface area contributed by atoms with Crippen LogP contribution in [0.3, 0.4) is 0 Å². The van der Waals surface area contributed by atoms with Gasteiger partial charge in [0.1, 0.15) is 0 Å². The number of carbonyl (C=O) groups excluding carboxylic acids is 3. The molecule has 1 aromatic heterocycles. The molecule has 0 saturated heterocycles. The largest absolute Gasteiger partial charge is 0.355 e.